The van der Waals surface area contributed by atoms with E-state index < -0.39 is 53.5 Å². The van der Waals surface area contributed by atoms with Crippen molar-refractivity contribution in [1.29, 1.82) is 0 Å². The number of β-lactam (4-membered cyclic amide) rings is 1. The van der Waals surface area contributed by atoms with Gasteiger partial charge in [-0.25, -0.2) is 14.4 Å². The molecule has 3 amide bonds. The second kappa shape index (κ2) is 11.1. The molecule has 0 aromatic heterocycles. The number of nitrogens with zero attached hydrogens (tertiary/aromatic N) is 1. The van der Waals surface area contributed by atoms with Crippen molar-refractivity contribution in [1.82, 2.24) is 10.2 Å². The van der Waals surface area contributed by atoms with E-state index in [0.29, 0.717) is 5.56 Å². The first kappa shape index (κ1) is 27.5. The van der Waals surface area contributed by atoms with Gasteiger partial charge in [0.1, 0.15) is 29.8 Å². The van der Waals surface area contributed by atoms with Crippen LogP contribution in [0.1, 0.15) is 11.6 Å². The van der Waals surface area contributed by atoms with Gasteiger partial charge in [0.25, 0.3) is 5.91 Å². The van der Waals surface area contributed by atoms with Crippen molar-refractivity contribution in [2.75, 3.05) is 12.4 Å². The number of primary amides is 1. The number of carbonyl (C=O) groups excluding carboxylic acids is 3. The number of amides is 3. The van der Waals surface area contributed by atoms with Gasteiger partial charge >= 0.3 is 24.2 Å². The maximum Gasteiger partial charge on any atom is 0.490 e. The van der Waals surface area contributed by atoms with Crippen LogP contribution in [0.3, 0.4) is 0 Å². The molecule has 1 aromatic carbocycles. The number of carbonyl (C=O) groups is 5. The minimum absolute atomic E-state index is 0.209. The summed E-state index contributed by atoms with van der Waals surface area (Å²) in [5.74, 6) is -4.98. The van der Waals surface area contributed by atoms with Crippen LogP contribution in [0.25, 0.3) is 0 Å². The lowest BCUT2D eigenvalue weighted by Gasteiger charge is -2.49. The number of fused-ring (bicyclic) bond motifs is 1. The van der Waals surface area contributed by atoms with E-state index >= 15 is 0 Å². The number of thioether (sulfide) groups is 1. The van der Waals surface area contributed by atoms with Crippen molar-refractivity contribution in [3.63, 3.8) is 0 Å². The van der Waals surface area contributed by atoms with E-state index in [1.54, 1.807) is 30.3 Å². The quantitative estimate of drug-likeness (QED) is 0.321. The molecule has 7 N–H and O–H groups in total. The third-order valence-corrected chi connectivity index (χ3v) is 5.96. The molecular formula is C19H19F3N4O8S. The maximum atomic E-state index is 12.5. The molecule has 0 bridgehead atoms. The van der Waals surface area contributed by atoms with Crippen molar-refractivity contribution < 1.29 is 52.1 Å². The van der Waals surface area contributed by atoms with Gasteiger partial charge in [-0.3, -0.25) is 14.5 Å². The number of hydrogen-bond donors (Lipinski definition) is 5. The van der Waals surface area contributed by atoms with Crippen LogP contribution in [0.2, 0.25) is 0 Å². The average Bonchev–Trinajstić information content (AvgIpc) is 2.79. The number of alkyl halides is 3. The van der Waals surface area contributed by atoms with Crippen molar-refractivity contribution in [2.45, 2.75) is 23.6 Å². The largest absolute Gasteiger partial charge is 0.490 e. The summed E-state index contributed by atoms with van der Waals surface area (Å²) < 4.78 is 36.4. The Morgan fingerprint density at radius 2 is 1.77 bits per heavy atom. The third-order valence-electron chi connectivity index (χ3n) is 4.62. The predicted octanol–water partition coefficient (Wildman–Crippen LogP) is 0.154. The zero-order valence-corrected chi connectivity index (χ0v) is 18.3. The van der Waals surface area contributed by atoms with Crippen LogP contribution in [-0.4, -0.2) is 74.9 Å². The minimum Gasteiger partial charge on any atom is -0.477 e. The predicted molar refractivity (Wildman–Crippen MR) is 112 cm³/mol. The summed E-state index contributed by atoms with van der Waals surface area (Å²) in [4.78, 5) is 57.3. The van der Waals surface area contributed by atoms with Gasteiger partial charge in [-0.1, -0.05) is 30.3 Å². The lowest BCUT2D eigenvalue weighted by molar-refractivity contribution is -0.192. The number of halogens is 3. The van der Waals surface area contributed by atoms with Gasteiger partial charge in [0, 0.05) is 11.3 Å². The van der Waals surface area contributed by atoms with E-state index in [4.69, 9.17) is 21.4 Å². The van der Waals surface area contributed by atoms with Crippen LogP contribution in [0.15, 0.2) is 41.6 Å². The summed E-state index contributed by atoms with van der Waals surface area (Å²) in [6.45, 7) is -0.323. The average molecular weight is 520 g/mol. The van der Waals surface area contributed by atoms with Crippen LogP contribution < -0.4 is 16.8 Å². The molecule has 1 saturated heterocycles. The Bertz CT molecular complexity index is 1050. The first-order valence-electron chi connectivity index (χ1n) is 9.49. The summed E-state index contributed by atoms with van der Waals surface area (Å²) in [7, 11) is 0. The molecule has 1 fully saturated rings. The number of carboxylic acids is 2. The monoisotopic (exact) mass is 520 g/mol. The molecule has 190 valence electrons. The molecule has 3 atom stereocenters. The highest BCUT2D eigenvalue weighted by molar-refractivity contribution is 8.00. The number of nitrogens with one attached hydrogen (secondary N) is 1. The molecule has 35 heavy (non-hydrogen) atoms. The van der Waals surface area contributed by atoms with Crippen LogP contribution in [0.4, 0.5) is 18.0 Å². The van der Waals surface area contributed by atoms with Gasteiger partial charge < -0.3 is 31.7 Å². The number of carboxylic acid groups (broad SMARTS) is 2. The lowest BCUT2D eigenvalue weighted by Crippen LogP contribution is -2.71. The summed E-state index contributed by atoms with van der Waals surface area (Å²) in [5, 5.41) is 18.6. The molecule has 16 heteroatoms. The molecule has 2 aliphatic rings. The molecule has 2 heterocycles. The maximum absolute atomic E-state index is 12.5. The van der Waals surface area contributed by atoms with Crippen molar-refractivity contribution >= 4 is 41.6 Å². The smallest absolute Gasteiger partial charge is 0.477 e. The van der Waals surface area contributed by atoms with E-state index in [-0.39, 0.29) is 23.6 Å². The number of rotatable bonds is 6. The Labute approximate surface area is 199 Å². The second-order valence-electron chi connectivity index (χ2n) is 6.95. The highest BCUT2D eigenvalue weighted by atomic mass is 32.2. The van der Waals surface area contributed by atoms with Gasteiger partial charge in [-0.2, -0.15) is 13.2 Å². The van der Waals surface area contributed by atoms with Crippen LogP contribution in [0.5, 0.6) is 0 Å². The number of hydrogen-bond acceptors (Lipinski definition) is 8. The molecule has 0 radical (unpaired) electrons. The van der Waals surface area contributed by atoms with Crippen molar-refractivity contribution in [2.24, 2.45) is 11.5 Å². The van der Waals surface area contributed by atoms with Crippen LogP contribution >= 0.6 is 11.8 Å². The standard InChI is InChI=1S/C17H18N4O6S.C2HF3O2/c18-10(8-4-2-1-3-5-8)13(22)20-11-14(23)21-12(16(24)25)9(6-27-17(19)26)7-28-15(11)21;3-2(4,5)1(6)7/h1-5,10-11,15H,6-7,18H2,(H2,19,26)(H,20,22)(H,24,25);(H,6,7)/t10?,11?,15-;/m1./s1. The zero-order chi connectivity index (χ0) is 26.5. The minimum atomic E-state index is -5.08. The topological polar surface area (TPSA) is 202 Å². The van der Waals surface area contributed by atoms with Gasteiger partial charge in [0.2, 0.25) is 5.91 Å². The first-order valence-corrected chi connectivity index (χ1v) is 10.5. The van der Waals surface area contributed by atoms with Gasteiger partial charge in [-0.05, 0) is 5.56 Å². The Balaban J connectivity index is 0.000000540. The fourth-order valence-electron chi connectivity index (χ4n) is 3.01. The van der Waals surface area contributed by atoms with Crippen LogP contribution in [-0.2, 0) is 23.9 Å². The highest BCUT2D eigenvalue weighted by Crippen LogP contribution is 2.40. The molecule has 0 aliphatic carbocycles. The molecule has 3 rings (SSSR count). The Hall–Kier alpha value is -3.79. The lowest BCUT2D eigenvalue weighted by atomic mass is 10.0. The molecule has 1 aromatic rings. The SMILES string of the molecule is NC(=O)OCC1=C(C(=O)O)N2C(=O)C(NC(=O)C(N)c3ccccc3)[C@H]2SC1.O=C(O)C(F)(F)F. The Kier molecular flexibility index (Phi) is 8.70. The summed E-state index contributed by atoms with van der Waals surface area (Å²) >= 11 is 1.25. The van der Waals surface area contributed by atoms with Gasteiger partial charge in [0.05, 0.1) is 0 Å². The van der Waals surface area contributed by atoms with E-state index in [2.05, 4.69) is 10.1 Å². The van der Waals surface area contributed by atoms with Gasteiger partial charge in [-0.15, -0.1) is 11.8 Å². The molecule has 2 aliphatic heterocycles. The number of nitrogens with two attached hydrogens (primary N) is 2. The van der Waals surface area contributed by atoms with E-state index in [1.807, 2.05) is 0 Å². The van der Waals surface area contributed by atoms with E-state index in [1.165, 1.54) is 11.8 Å². The normalized spacial score (nSPS) is 19.9. The third kappa shape index (κ3) is 6.63. The molecular weight excluding hydrogens is 501 g/mol. The highest BCUT2D eigenvalue weighted by Gasteiger charge is 2.54. The molecule has 12 nitrogen and oxygen atoms in total. The first-order chi connectivity index (χ1) is 16.3. The number of benzene rings is 1. The Morgan fingerprint density at radius 3 is 2.26 bits per heavy atom. The van der Waals surface area contributed by atoms with Crippen molar-refractivity contribution in [3.05, 3.63) is 47.2 Å². The molecule has 0 spiro atoms. The summed E-state index contributed by atoms with van der Waals surface area (Å²) in [6, 6.07) is 6.84. The van der Waals surface area contributed by atoms with Crippen LogP contribution in [0, 0.1) is 0 Å². The Morgan fingerprint density at radius 1 is 1.20 bits per heavy atom. The molecule has 2 unspecified atom stereocenters. The molecule has 0 saturated carbocycles. The number of aliphatic carboxylic acids is 2. The van der Waals surface area contributed by atoms with Crippen molar-refractivity contribution in [3.8, 4) is 0 Å². The van der Waals surface area contributed by atoms with E-state index in [0.717, 1.165) is 4.90 Å². The number of ether oxygens (including phenoxy) is 1. The second-order valence-corrected chi connectivity index (χ2v) is 8.06. The fraction of sp³-hybridized carbons (Fsp3) is 0.316. The van der Waals surface area contributed by atoms with E-state index in [9.17, 15) is 37.5 Å². The summed E-state index contributed by atoms with van der Waals surface area (Å²) in [5.41, 5.74) is 11.4. The van der Waals surface area contributed by atoms with Gasteiger partial charge in [0.15, 0.2) is 0 Å². The fourth-order valence-corrected chi connectivity index (χ4v) is 4.33. The summed E-state index contributed by atoms with van der Waals surface area (Å²) in [6.07, 6.45) is -6.13. The zero-order valence-electron chi connectivity index (χ0n) is 17.5.